The largest absolute Gasteiger partial charge is 0.496 e. The Labute approximate surface area is 150 Å². The zero-order valence-corrected chi connectivity index (χ0v) is 15.4. The van der Waals surface area contributed by atoms with Gasteiger partial charge in [0.2, 0.25) is 0 Å². The smallest absolute Gasteiger partial charge is 0.342 e. The van der Waals surface area contributed by atoms with E-state index < -0.39 is 33.9 Å². The van der Waals surface area contributed by atoms with E-state index >= 15 is 0 Å². The van der Waals surface area contributed by atoms with Crippen LogP contribution in [0.2, 0.25) is 5.02 Å². The van der Waals surface area contributed by atoms with Gasteiger partial charge in [-0.15, -0.1) is 0 Å². The van der Waals surface area contributed by atoms with Crippen LogP contribution in [0, 0.1) is 0 Å². The Morgan fingerprint density at radius 1 is 1.40 bits per heavy atom. The zero-order chi connectivity index (χ0) is 18.8. The molecule has 1 aliphatic rings. The molecule has 1 amide bonds. The Kier molecular flexibility index (Phi) is 5.48. The number of carbonyl (C=O) groups is 2. The normalized spacial score (nSPS) is 21.6. The monoisotopic (exact) mass is 390 g/mol. The second kappa shape index (κ2) is 7.09. The lowest BCUT2D eigenvalue weighted by Gasteiger charge is -2.23. The average Bonchev–Trinajstić information content (AvgIpc) is 2.80. The van der Waals surface area contributed by atoms with Crippen LogP contribution in [0.25, 0.3) is 0 Å². The van der Waals surface area contributed by atoms with Crippen molar-refractivity contribution in [2.45, 2.75) is 18.9 Å². The summed E-state index contributed by atoms with van der Waals surface area (Å²) in [6, 6.07) is 2.67. The number of hydrogen-bond acceptors (Lipinski definition) is 7. The number of rotatable bonds is 5. The first-order valence-corrected chi connectivity index (χ1v) is 9.57. The van der Waals surface area contributed by atoms with E-state index in [0.29, 0.717) is 6.42 Å². The molecule has 1 aromatic carbocycles. The van der Waals surface area contributed by atoms with E-state index in [-0.39, 0.29) is 33.5 Å². The number of nitrogens with one attached hydrogen (secondary N) is 1. The number of hydrogen-bond donors (Lipinski definition) is 2. The molecule has 1 heterocycles. The molecule has 8 nitrogen and oxygen atoms in total. The molecular weight excluding hydrogens is 372 g/mol. The Bertz CT molecular complexity index is 810. The molecule has 1 saturated heterocycles. The van der Waals surface area contributed by atoms with Crippen LogP contribution in [0.1, 0.15) is 23.7 Å². The van der Waals surface area contributed by atoms with Gasteiger partial charge < -0.3 is 20.5 Å². The number of carbonyl (C=O) groups excluding carboxylic acids is 2. The molecule has 1 aliphatic heterocycles. The van der Waals surface area contributed by atoms with E-state index in [0.717, 1.165) is 0 Å². The maximum absolute atomic E-state index is 12.1. The maximum Gasteiger partial charge on any atom is 0.342 e. The highest BCUT2D eigenvalue weighted by Gasteiger charge is 2.39. The number of anilines is 1. The zero-order valence-electron chi connectivity index (χ0n) is 13.8. The summed E-state index contributed by atoms with van der Waals surface area (Å²) in [6.07, 6.45) is 0.316. The first-order valence-electron chi connectivity index (χ1n) is 7.37. The van der Waals surface area contributed by atoms with E-state index in [4.69, 9.17) is 26.8 Å². The predicted molar refractivity (Wildman–Crippen MR) is 92.5 cm³/mol. The third-order valence-electron chi connectivity index (χ3n) is 3.82. The number of benzene rings is 1. The summed E-state index contributed by atoms with van der Waals surface area (Å²) in [5, 5.41) is 2.75. The number of halogens is 1. The van der Waals surface area contributed by atoms with Crippen LogP contribution in [0.5, 0.6) is 5.75 Å². The summed E-state index contributed by atoms with van der Waals surface area (Å²) in [7, 11) is -1.80. The van der Waals surface area contributed by atoms with E-state index in [1.807, 2.05) is 0 Å². The minimum absolute atomic E-state index is 0.0186. The van der Waals surface area contributed by atoms with Crippen LogP contribution in [0.15, 0.2) is 12.1 Å². The summed E-state index contributed by atoms with van der Waals surface area (Å²) in [6.45, 7) is 1.08. The summed E-state index contributed by atoms with van der Waals surface area (Å²) in [5.41, 5.74) is 5.05. The van der Waals surface area contributed by atoms with Gasteiger partial charge in [-0.25, -0.2) is 13.2 Å². The fourth-order valence-corrected chi connectivity index (χ4v) is 4.84. The van der Waals surface area contributed by atoms with E-state index in [9.17, 15) is 18.0 Å². The Morgan fingerprint density at radius 2 is 2.08 bits per heavy atom. The van der Waals surface area contributed by atoms with Crippen LogP contribution in [0.3, 0.4) is 0 Å². The van der Waals surface area contributed by atoms with Crippen molar-refractivity contribution in [3.63, 3.8) is 0 Å². The van der Waals surface area contributed by atoms with Crippen LogP contribution < -0.4 is 15.8 Å². The molecule has 1 aromatic rings. The van der Waals surface area contributed by atoms with Gasteiger partial charge in [0.1, 0.15) is 11.3 Å². The highest BCUT2D eigenvalue weighted by atomic mass is 35.5. The summed E-state index contributed by atoms with van der Waals surface area (Å²) < 4.78 is 33.1. The van der Waals surface area contributed by atoms with Crippen molar-refractivity contribution < 1.29 is 27.5 Å². The topological polar surface area (TPSA) is 125 Å². The summed E-state index contributed by atoms with van der Waals surface area (Å²) in [4.78, 5) is 24.1. The fourth-order valence-electron chi connectivity index (χ4n) is 2.59. The number of ether oxygens (including phenoxy) is 2. The van der Waals surface area contributed by atoms with Crippen molar-refractivity contribution in [1.29, 1.82) is 0 Å². The molecule has 25 heavy (non-hydrogen) atoms. The summed E-state index contributed by atoms with van der Waals surface area (Å²) >= 11 is 5.88. The van der Waals surface area contributed by atoms with E-state index in [1.54, 1.807) is 6.92 Å². The molecular formula is C15H19ClN2O6S. The van der Waals surface area contributed by atoms with Gasteiger partial charge in [0.15, 0.2) is 16.4 Å². The van der Waals surface area contributed by atoms with Crippen LogP contribution in [0.4, 0.5) is 5.69 Å². The molecule has 0 aromatic heterocycles. The quantitative estimate of drug-likeness (QED) is 0.562. The second-order valence-corrected chi connectivity index (χ2v) is 8.69. The number of methoxy groups -OCH3 is 1. The standard InChI is InChI=1S/C15H19ClN2O6S/c1-15(3-4-25(21,22)8-15)18-13(19)7-24-14(20)9-5-10(16)11(17)6-12(9)23-2/h5-6H,3-4,7-8,17H2,1-2H3,(H,18,19)/t15-/m1/s1. The predicted octanol–water partition coefficient (Wildman–Crippen LogP) is 0.781. The Hall–Kier alpha value is -2.00. The number of nitrogen functional groups attached to an aromatic ring is 1. The molecule has 3 N–H and O–H groups in total. The highest BCUT2D eigenvalue weighted by molar-refractivity contribution is 7.91. The minimum Gasteiger partial charge on any atom is -0.496 e. The highest BCUT2D eigenvalue weighted by Crippen LogP contribution is 2.29. The minimum atomic E-state index is -3.16. The third-order valence-corrected chi connectivity index (χ3v) is 6.05. The molecule has 10 heteroatoms. The van der Waals surface area contributed by atoms with E-state index in [1.165, 1.54) is 19.2 Å². The molecule has 138 valence electrons. The van der Waals surface area contributed by atoms with Gasteiger partial charge in [0, 0.05) is 6.07 Å². The van der Waals surface area contributed by atoms with Gasteiger partial charge in [-0.1, -0.05) is 11.6 Å². The van der Waals surface area contributed by atoms with Crippen molar-refractivity contribution in [2.24, 2.45) is 0 Å². The molecule has 0 unspecified atom stereocenters. The molecule has 0 aliphatic carbocycles. The molecule has 0 bridgehead atoms. The SMILES string of the molecule is COc1cc(N)c(Cl)cc1C(=O)OCC(=O)N[C@]1(C)CCS(=O)(=O)C1. The third kappa shape index (κ3) is 4.76. The average molecular weight is 391 g/mol. The van der Waals surface area contributed by atoms with Gasteiger partial charge in [-0.2, -0.15) is 0 Å². The lowest BCUT2D eigenvalue weighted by Crippen LogP contribution is -2.48. The van der Waals surface area contributed by atoms with Gasteiger partial charge in [-0.3, -0.25) is 4.79 Å². The first-order chi connectivity index (χ1) is 11.6. The van der Waals surface area contributed by atoms with Crippen molar-refractivity contribution in [1.82, 2.24) is 5.32 Å². The van der Waals surface area contributed by atoms with E-state index in [2.05, 4.69) is 5.32 Å². The van der Waals surface area contributed by atoms with Crippen LogP contribution >= 0.6 is 11.6 Å². The molecule has 2 rings (SSSR count). The first kappa shape index (κ1) is 19.3. The fraction of sp³-hybridized carbons (Fsp3) is 0.467. The molecule has 1 fully saturated rings. The molecule has 0 saturated carbocycles. The van der Waals surface area contributed by atoms with Crippen LogP contribution in [-0.4, -0.2) is 51.1 Å². The molecule has 0 spiro atoms. The number of nitrogens with two attached hydrogens (primary N) is 1. The van der Waals surface area contributed by atoms with Crippen molar-refractivity contribution in [3.8, 4) is 5.75 Å². The lowest BCUT2D eigenvalue weighted by molar-refractivity contribution is -0.125. The number of amides is 1. The van der Waals surface area contributed by atoms with Gasteiger partial charge in [-0.05, 0) is 19.4 Å². The van der Waals surface area contributed by atoms with Crippen LogP contribution in [-0.2, 0) is 19.4 Å². The number of sulfone groups is 1. The Morgan fingerprint density at radius 3 is 2.64 bits per heavy atom. The maximum atomic E-state index is 12.1. The second-order valence-electron chi connectivity index (χ2n) is 6.10. The molecule has 0 radical (unpaired) electrons. The molecule has 1 atom stereocenters. The summed E-state index contributed by atoms with van der Waals surface area (Å²) in [5.74, 6) is -1.35. The van der Waals surface area contributed by atoms with Gasteiger partial charge in [0.25, 0.3) is 5.91 Å². The lowest BCUT2D eigenvalue weighted by atomic mass is 10.0. The Balaban J connectivity index is 1.98. The van der Waals surface area contributed by atoms with Crippen molar-refractivity contribution in [3.05, 3.63) is 22.7 Å². The van der Waals surface area contributed by atoms with Gasteiger partial charge in [0.05, 0.1) is 34.9 Å². The van der Waals surface area contributed by atoms with Crippen molar-refractivity contribution in [2.75, 3.05) is 31.0 Å². The van der Waals surface area contributed by atoms with Gasteiger partial charge >= 0.3 is 5.97 Å². The van der Waals surface area contributed by atoms with Crippen molar-refractivity contribution >= 4 is 39.0 Å². The number of esters is 1.